The van der Waals surface area contributed by atoms with Crippen molar-refractivity contribution in [3.05, 3.63) is 40.1 Å². The molecule has 0 fully saturated rings. The average Bonchev–Trinajstić information content (AvgIpc) is 2.89. The van der Waals surface area contributed by atoms with Crippen LogP contribution in [0.5, 0.6) is 0 Å². The van der Waals surface area contributed by atoms with Crippen molar-refractivity contribution < 1.29 is 4.79 Å². The summed E-state index contributed by atoms with van der Waals surface area (Å²) < 4.78 is 1.62. The van der Waals surface area contributed by atoms with Crippen molar-refractivity contribution in [2.45, 2.75) is 19.4 Å². The molecule has 6 nitrogen and oxygen atoms in total. The number of benzene rings is 1. The summed E-state index contributed by atoms with van der Waals surface area (Å²) in [6.45, 7) is 0.952. The van der Waals surface area contributed by atoms with Crippen molar-refractivity contribution in [1.82, 2.24) is 15.0 Å². The molecule has 0 aliphatic carbocycles. The Labute approximate surface area is 132 Å². The quantitative estimate of drug-likeness (QED) is 0.850. The lowest BCUT2D eigenvalue weighted by atomic mass is 10.3. The molecule has 0 bridgehead atoms. The second-order valence-corrected chi connectivity index (χ2v) is 5.28. The van der Waals surface area contributed by atoms with Crippen LogP contribution >= 0.6 is 23.2 Å². The molecular formula is C13H15Cl2N5O. The molecule has 1 aromatic heterocycles. The number of carbonyl (C=O) groups is 1. The van der Waals surface area contributed by atoms with Crippen molar-refractivity contribution in [3.63, 3.8) is 0 Å². The Kier molecular flexibility index (Phi) is 5.55. The van der Waals surface area contributed by atoms with Gasteiger partial charge in [-0.15, -0.1) is 5.10 Å². The van der Waals surface area contributed by atoms with E-state index in [-0.39, 0.29) is 12.3 Å². The zero-order chi connectivity index (χ0) is 15.2. The van der Waals surface area contributed by atoms with Crippen molar-refractivity contribution in [2.75, 3.05) is 11.9 Å². The number of aromatic nitrogens is 3. The molecule has 0 unspecified atom stereocenters. The van der Waals surface area contributed by atoms with E-state index in [0.717, 1.165) is 5.69 Å². The number of halogens is 2. The molecule has 0 aliphatic rings. The molecule has 0 spiro atoms. The Balaban J connectivity index is 1.88. The Morgan fingerprint density at radius 1 is 1.38 bits per heavy atom. The van der Waals surface area contributed by atoms with Gasteiger partial charge in [-0.05, 0) is 24.7 Å². The predicted octanol–water partition coefficient (Wildman–Crippen LogP) is 2.11. The van der Waals surface area contributed by atoms with Crippen LogP contribution in [-0.4, -0.2) is 27.4 Å². The number of hydrogen-bond donors (Lipinski definition) is 2. The highest BCUT2D eigenvalue weighted by Crippen LogP contribution is 2.25. The largest absolute Gasteiger partial charge is 0.330 e. The molecule has 0 saturated heterocycles. The summed E-state index contributed by atoms with van der Waals surface area (Å²) in [5, 5.41) is 11.6. The van der Waals surface area contributed by atoms with E-state index in [4.69, 9.17) is 28.9 Å². The van der Waals surface area contributed by atoms with Gasteiger partial charge in [0.25, 0.3) is 0 Å². The highest BCUT2D eigenvalue weighted by molar-refractivity contribution is 6.35. The lowest BCUT2D eigenvalue weighted by Gasteiger charge is -2.07. The van der Waals surface area contributed by atoms with Gasteiger partial charge in [-0.2, -0.15) is 0 Å². The van der Waals surface area contributed by atoms with E-state index in [0.29, 0.717) is 35.2 Å². The number of aryl methyl sites for hydroxylation is 1. The molecule has 21 heavy (non-hydrogen) atoms. The Morgan fingerprint density at radius 3 is 2.95 bits per heavy atom. The fraction of sp³-hybridized carbons (Fsp3) is 0.308. The van der Waals surface area contributed by atoms with Gasteiger partial charge in [-0.1, -0.05) is 28.4 Å². The van der Waals surface area contributed by atoms with Crippen LogP contribution in [0, 0.1) is 0 Å². The van der Waals surface area contributed by atoms with Gasteiger partial charge in [0.2, 0.25) is 5.91 Å². The Hall–Kier alpha value is -1.63. The van der Waals surface area contributed by atoms with E-state index >= 15 is 0 Å². The number of amides is 1. The summed E-state index contributed by atoms with van der Waals surface area (Å²) >= 11 is 11.8. The van der Waals surface area contributed by atoms with Crippen LogP contribution in [0.1, 0.15) is 12.1 Å². The van der Waals surface area contributed by atoms with E-state index in [1.54, 1.807) is 29.1 Å². The maximum atomic E-state index is 11.9. The average molecular weight is 328 g/mol. The molecule has 1 heterocycles. The summed E-state index contributed by atoms with van der Waals surface area (Å²) in [5.41, 5.74) is 6.75. The Morgan fingerprint density at radius 2 is 2.19 bits per heavy atom. The smallest absolute Gasteiger partial charge is 0.226 e. The molecule has 3 N–H and O–H groups in total. The number of nitrogens with one attached hydrogen (secondary N) is 1. The van der Waals surface area contributed by atoms with E-state index in [9.17, 15) is 4.79 Å². The lowest BCUT2D eigenvalue weighted by molar-refractivity contribution is -0.116. The summed E-state index contributed by atoms with van der Waals surface area (Å²) in [4.78, 5) is 11.9. The van der Waals surface area contributed by atoms with Crippen LogP contribution in [0.15, 0.2) is 24.4 Å². The minimum absolute atomic E-state index is 0.171. The standard InChI is InChI=1S/C13H15Cl2N5O/c14-9-1-2-11(15)12(7-9)17-13(21)4-6-20-8-10(3-5-16)18-19-20/h1-2,7-8H,3-6,16H2,(H,17,21). The van der Waals surface area contributed by atoms with E-state index < -0.39 is 0 Å². The molecular weight excluding hydrogens is 313 g/mol. The molecule has 0 radical (unpaired) electrons. The predicted molar refractivity (Wildman–Crippen MR) is 82.5 cm³/mol. The zero-order valence-corrected chi connectivity index (χ0v) is 12.7. The molecule has 1 amide bonds. The minimum Gasteiger partial charge on any atom is -0.330 e. The van der Waals surface area contributed by atoms with E-state index in [1.807, 2.05) is 0 Å². The van der Waals surface area contributed by atoms with Crippen LogP contribution in [0.25, 0.3) is 0 Å². The molecule has 2 aromatic rings. The van der Waals surface area contributed by atoms with Gasteiger partial charge < -0.3 is 11.1 Å². The fourth-order valence-corrected chi connectivity index (χ4v) is 2.07. The Bertz CT molecular complexity index is 629. The van der Waals surface area contributed by atoms with Crippen molar-refractivity contribution in [1.29, 1.82) is 0 Å². The van der Waals surface area contributed by atoms with Crippen LogP contribution in [-0.2, 0) is 17.8 Å². The topological polar surface area (TPSA) is 85.8 Å². The van der Waals surface area contributed by atoms with Gasteiger partial charge in [0, 0.05) is 24.1 Å². The first-order valence-electron chi connectivity index (χ1n) is 6.42. The number of carbonyl (C=O) groups excluding carboxylic acids is 1. The number of nitrogens with two attached hydrogens (primary N) is 1. The monoisotopic (exact) mass is 327 g/mol. The zero-order valence-electron chi connectivity index (χ0n) is 11.2. The third kappa shape index (κ3) is 4.70. The van der Waals surface area contributed by atoms with Gasteiger partial charge in [0.05, 0.1) is 22.9 Å². The van der Waals surface area contributed by atoms with Crippen LogP contribution < -0.4 is 11.1 Å². The van der Waals surface area contributed by atoms with Crippen molar-refractivity contribution in [3.8, 4) is 0 Å². The van der Waals surface area contributed by atoms with Crippen molar-refractivity contribution >= 4 is 34.8 Å². The van der Waals surface area contributed by atoms with E-state index in [2.05, 4.69) is 15.6 Å². The number of hydrogen-bond acceptors (Lipinski definition) is 4. The van der Waals surface area contributed by atoms with Gasteiger partial charge in [0.15, 0.2) is 0 Å². The maximum Gasteiger partial charge on any atom is 0.226 e. The highest BCUT2D eigenvalue weighted by atomic mass is 35.5. The fourth-order valence-electron chi connectivity index (χ4n) is 1.73. The first kappa shape index (κ1) is 15.8. The van der Waals surface area contributed by atoms with E-state index in [1.165, 1.54) is 0 Å². The SMILES string of the molecule is NCCc1cn(CCC(=O)Nc2cc(Cl)ccc2Cl)nn1. The summed E-state index contributed by atoms with van der Waals surface area (Å²) in [7, 11) is 0. The molecule has 8 heteroatoms. The molecule has 0 saturated carbocycles. The number of nitrogens with zero attached hydrogens (tertiary/aromatic N) is 3. The summed E-state index contributed by atoms with van der Waals surface area (Å²) in [6.07, 6.45) is 2.71. The van der Waals surface area contributed by atoms with Crippen LogP contribution in [0.2, 0.25) is 10.0 Å². The first-order valence-corrected chi connectivity index (χ1v) is 7.18. The minimum atomic E-state index is -0.171. The second kappa shape index (κ2) is 7.40. The molecule has 0 aliphatic heterocycles. The molecule has 0 atom stereocenters. The van der Waals surface area contributed by atoms with Gasteiger partial charge in [-0.3, -0.25) is 9.48 Å². The van der Waals surface area contributed by atoms with Gasteiger partial charge in [0.1, 0.15) is 0 Å². The highest BCUT2D eigenvalue weighted by Gasteiger charge is 2.08. The third-order valence-corrected chi connectivity index (χ3v) is 3.32. The summed E-state index contributed by atoms with van der Waals surface area (Å²) in [5.74, 6) is -0.171. The number of anilines is 1. The molecule has 1 aromatic carbocycles. The van der Waals surface area contributed by atoms with Crippen molar-refractivity contribution in [2.24, 2.45) is 5.73 Å². The van der Waals surface area contributed by atoms with Crippen LogP contribution in [0.3, 0.4) is 0 Å². The first-order chi connectivity index (χ1) is 10.1. The molecule has 112 valence electrons. The number of rotatable bonds is 6. The van der Waals surface area contributed by atoms with Crippen LogP contribution in [0.4, 0.5) is 5.69 Å². The van der Waals surface area contributed by atoms with Gasteiger partial charge >= 0.3 is 0 Å². The second-order valence-electron chi connectivity index (χ2n) is 4.43. The maximum absolute atomic E-state index is 11.9. The molecule has 2 rings (SSSR count). The lowest BCUT2D eigenvalue weighted by Crippen LogP contribution is -2.15. The normalized spacial score (nSPS) is 10.6. The van der Waals surface area contributed by atoms with Gasteiger partial charge in [-0.25, -0.2) is 0 Å². The summed E-state index contributed by atoms with van der Waals surface area (Å²) in [6, 6.07) is 4.90. The third-order valence-electron chi connectivity index (χ3n) is 2.76.